The molecule has 1 fully saturated rings. The standard InChI is InChI=1S/C19H31N3O2S/c1-16(11-14-25(3,23)24)22-18(20-2)21-15-19(12-7-8-13-19)17-9-5-4-6-10-17/h4-6,9-10,16H,7-8,11-15H2,1-3H3,(H2,20,21,22). The third-order valence-corrected chi connectivity index (χ3v) is 6.05. The van der Waals surface area contributed by atoms with Crippen LogP contribution in [0.3, 0.4) is 0 Å². The zero-order valence-corrected chi connectivity index (χ0v) is 16.4. The molecular weight excluding hydrogens is 334 g/mol. The summed E-state index contributed by atoms with van der Waals surface area (Å²) in [6, 6.07) is 10.8. The molecule has 1 aliphatic carbocycles. The monoisotopic (exact) mass is 365 g/mol. The predicted molar refractivity (Wildman–Crippen MR) is 105 cm³/mol. The first kappa shape index (κ1) is 19.8. The molecule has 0 aromatic heterocycles. The second kappa shape index (κ2) is 8.70. The Morgan fingerprint density at radius 1 is 1.24 bits per heavy atom. The quantitative estimate of drug-likeness (QED) is 0.575. The highest BCUT2D eigenvalue weighted by molar-refractivity contribution is 7.90. The molecule has 140 valence electrons. The van der Waals surface area contributed by atoms with Crippen molar-refractivity contribution in [3.63, 3.8) is 0 Å². The van der Waals surface area contributed by atoms with Gasteiger partial charge in [-0.3, -0.25) is 4.99 Å². The van der Waals surface area contributed by atoms with Crippen LogP contribution in [0.1, 0.15) is 44.6 Å². The summed E-state index contributed by atoms with van der Waals surface area (Å²) in [7, 11) is -1.18. The minimum Gasteiger partial charge on any atom is -0.356 e. The highest BCUT2D eigenvalue weighted by atomic mass is 32.2. The fourth-order valence-electron chi connectivity index (χ4n) is 3.55. The summed E-state index contributed by atoms with van der Waals surface area (Å²) in [5.74, 6) is 0.926. The van der Waals surface area contributed by atoms with Gasteiger partial charge in [-0.2, -0.15) is 0 Å². The Kier molecular flexibility index (Phi) is 6.87. The number of sulfone groups is 1. The first-order valence-corrected chi connectivity index (χ1v) is 11.1. The molecule has 0 saturated heterocycles. The Morgan fingerprint density at radius 2 is 1.88 bits per heavy atom. The van der Waals surface area contributed by atoms with Crippen molar-refractivity contribution >= 4 is 15.8 Å². The summed E-state index contributed by atoms with van der Waals surface area (Å²) in [6.45, 7) is 2.83. The topological polar surface area (TPSA) is 70.6 Å². The average molecular weight is 366 g/mol. The molecule has 0 aliphatic heterocycles. The maximum absolute atomic E-state index is 11.3. The Bertz CT molecular complexity index is 665. The molecule has 1 aromatic carbocycles. The van der Waals surface area contributed by atoms with E-state index in [0.29, 0.717) is 6.42 Å². The van der Waals surface area contributed by atoms with Gasteiger partial charge in [-0.05, 0) is 31.7 Å². The number of benzene rings is 1. The summed E-state index contributed by atoms with van der Waals surface area (Å²) in [5.41, 5.74) is 1.55. The van der Waals surface area contributed by atoms with E-state index in [9.17, 15) is 8.42 Å². The van der Waals surface area contributed by atoms with Crippen LogP contribution in [0.25, 0.3) is 0 Å². The van der Waals surface area contributed by atoms with Gasteiger partial charge >= 0.3 is 0 Å². The van der Waals surface area contributed by atoms with Gasteiger partial charge in [0.05, 0.1) is 5.75 Å². The highest BCUT2D eigenvalue weighted by Crippen LogP contribution is 2.40. The van der Waals surface area contributed by atoms with Gasteiger partial charge in [-0.1, -0.05) is 43.2 Å². The van der Waals surface area contributed by atoms with Gasteiger partial charge < -0.3 is 10.6 Å². The molecule has 0 radical (unpaired) electrons. The summed E-state index contributed by atoms with van der Waals surface area (Å²) in [6.07, 6.45) is 6.73. The molecule has 2 rings (SSSR count). The van der Waals surface area contributed by atoms with Gasteiger partial charge in [0.2, 0.25) is 0 Å². The van der Waals surface area contributed by atoms with Gasteiger partial charge in [0.15, 0.2) is 5.96 Å². The van der Waals surface area contributed by atoms with Crippen LogP contribution in [0.5, 0.6) is 0 Å². The van der Waals surface area contributed by atoms with E-state index in [0.717, 1.165) is 12.5 Å². The largest absolute Gasteiger partial charge is 0.356 e. The number of rotatable bonds is 7. The molecule has 6 heteroatoms. The number of hydrogen-bond acceptors (Lipinski definition) is 3. The lowest BCUT2D eigenvalue weighted by Gasteiger charge is -2.31. The Morgan fingerprint density at radius 3 is 2.44 bits per heavy atom. The zero-order chi connectivity index (χ0) is 18.3. The number of nitrogens with one attached hydrogen (secondary N) is 2. The molecule has 0 spiro atoms. The van der Waals surface area contributed by atoms with Crippen LogP contribution < -0.4 is 10.6 Å². The number of aliphatic imine (C=N–C) groups is 1. The molecule has 5 nitrogen and oxygen atoms in total. The van der Waals surface area contributed by atoms with E-state index >= 15 is 0 Å². The molecule has 1 aliphatic rings. The van der Waals surface area contributed by atoms with Gasteiger partial charge in [0.25, 0.3) is 0 Å². The van der Waals surface area contributed by atoms with E-state index in [2.05, 4.69) is 46.0 Å². The molecule has 25 heavy (non-hydrogen) atoms. The third-order valence-electron chi connectivity index (χ3n) is 5.07. The van der Waals surface area contributed by atoms with Crippen LogP contribution in [-0.4, -0.2) is 46.0 Å². The third kappa shape index (κ3) is 6.03. The fourth-order valence-corrected chi connectivity index (χ4v) is 4.34. The lowest BCUT2D eigenvalue weighted by molar-refractivity contribution is 0.430. The van der Waals surface area contributed by atoms with Gasteiger partial charge in [0, 0.05) is 31.3 Å². The van der Waals surface area contributed by atoms with Crippen LogP contribution in [0.2, 0.25) is 0 Å². The lowest BCUT2D eigenvalue weighted by Crippen LogP contribution is -2.47. The fraction of sp³-hybridized carbons (Fsp3) is 0.632. The minimum atomic E-state index is -2.93. The molecule has 0 amide bonds. The maximum atomic E-state index is 11.3. The summed E-state index contributed by atoms with van der Waals surface area (Å²) in [5, 5.41) is 6.77. The molecule has 0 heterocycles. The second-order valence-corrected chi connectivity index (χ2v) is 9.50. The van der Waals surface area contributed by atoms with Crippen molar-refractivity contribution in [3.8, 4) is 0 Å². The molecular formula is C19H31N3O2S. The molecule has 1 unspecified atom stereocenters. The smallest absolute Gasteiger partial charge is 0.191 e. The van der Waals surface area contributed by atoms with Crippen LogP contribution in [0, 0.1) is 0 Å². The summed E-state index contributed by atoms with van der Waals surface area (Å²) in [4.78, 5) is 4.30. The summed E-state index contributed by atoms with van der Waals surface area (Å²) < 4.78 is 22.6. The number of nitrogens with zero attached hydrogens (tertiary/aromatic N) is 1. The predicted octanol–water partition coefficient (Wildman–Crippen LogP) is 2.49. The van der Waals surface area contributed by atoms with Crippen LogP contribution in [0.15, 0.2) is 35.3 Å². The van der Waals surface area contributed by atoms with Crippen molar-refractivity contribution in [2.75, 3.05) is 25.6 Å². The van der Waals surface area contributed by atoms with Crippen molar-refractivity contribution in [3.05, 3.63) is 35.9 Å². The van der Waals surface area contributed by atoms with Crippen LogP contribution in [0.4, 0.5) is 0 Å². The van der Waals surface area contributed by atoms with Gasteiger partial charge in [-0.15, -0.1) is 0 Å². The lowest BCUT2D eigenvalue weighted by atomic mass is 9.79. The highest BCUT2D eigenvalue weighted by Gasteiger charge is 2.35. The minimum absolute atomic E-state index is 0.0529. The number of guanidine groups is 1. The van der Waals surface area contributed by atoms with Crippen LogP contribution in [-0.2, 0) is 15.3 Å². The molecule has 1 atom stereocenters. The SMILES string of the molecule is CN=C(NCC1(c2ccccc2)CCCC1)NC(C)CCS(C)(=O)=O. The molecule has 1 saturated carbocycles. The Labute approximate surface area is 152 Å². The normalized spacial score (nSPS) is 18.8. The van der Waals surface area contributed by atoms with E-state index in [1.54, 1.807) is 7.05 Å². The van der Waals surface area contributed by atoms with E-state index in [1.165, 1.54) is 37.5 Å². The second-order valence-electron chi connectivity index (χ2n) is 7.24. The van der Waals surface area contributed by atoms with E-state index in [4.69, 9.17) is 0 Å². The van der Waals surface area contributed by atoms with Gasteiger partial charge in [0.1, 0.15) is 9.84 Å². The number of hydrogen-bond donors (Lipinski definition) is 2. The first-order chi connectivity index (χ1) is 11.8. The zero-order valence-electron chi connectivity index (χ0n) is 15.6. The van der Waals surface area contributed by atoms with Crippen molar-refractivity contribution in [2.24, 2.45) is 4.99 Å². The summed E-state index contributed by atoms with van der Waals surface area (Å²) >= 11 is 0. The van der Waals surface area contributed by atoms with E-state index in [-0.39, 0.29) is 17.2 Å². The maximum Gasteiger partial charge on any atom is 0.191 e. The van der Waals surface area contributed by atoms with Crippen molar-refractivity contribution in [1.82, 2.24) is 10.6 Å². The molecule has 0 bridgehead atoms. The van der Waals surface area contributed by atoms with Crippen molar-refractivity contribution in [1.29, 1.82) is 0 Å². The first-order valence-electron chi connectivity index (χ1n) is 9.05. The van der Waals surface area contributed by atoms with E-state index < -0.39 is 9.84 Å². The Balaban J connectivity index is 1.95. The molecule has 1 aromatic rings. The van der Waals surface area contributed by atoms with Crippen molar-refractivity contribution < 1.29 is 8.42 Å². The average Bonchev–Trinajstić information content (AvgIpc) is 3.07. The van der Waals surface area contributed by atoms with Crippen molar-refractivity contribution in [2.45, 2.75) is 50.5 Å². The van der Waals surface area contributed by atoms with Crippen LogP contribution >= 0.6 is 0 Å². The van der Waals surface area contributed by atoms with E-state index in [1.807, 2.05) is 6.92 Å². The Hall–Kier alpha value is -1.56. The molecule has 2 N–H and O–H groups in total. The van der Waals surface area contributed by atoms with Gasteiger partial charge in [-0.25, -0.2) is 8.42 Å².